The third kappa shape index (κ3) is 3.40. The smallest absolute Gasteiger partial charge is 0.326 e. The van der Waals surface area contributed by atoms with Crippen LogP contribution in [0, 0.1) is 0 Å². The molecule has 2 amide bonds. The number of aliphatic carboxylic acids is 1. The first-order chi connectivity index (χ1) is 9.49. The number of amides is 2. The van der Waals surface area contributed by atoms with E-state index in [0.29, 0.717) is 13.2 Å². The summed E-state index contributed by atoms with van der Waals surface area (Å²) in [5.74, 6) is -1.07. The van der Waals surface area contributed by atoms with Crippen LogP contribution in [0.1, 0.15) is 25.7 Å². The lowest BCUT2D eigenvalue weighted by Gasteiger charge is -2.31. The van der Waals surface area contributed by atoms with E-state index in [-0.39, 0.29) is 25.1 Å². The lowest BCUT2D eigenvalue weighted by Crippen LogP contribution is -2.49. The molecule has 0 aromatic carbocycles. The fourth-order valence-electron chi connectivity index (χ4n) is 2.81. The van der Waals surface area contributed by atoms with Gasteiger partial charge < -0.3 is 24.7 Å². The van der Waals surface area contributed by atoms with Crippen molar-refractivity contribution in [2.45, 2.75) is 43.9 Å². The molecule has 2 aliphatic rings. The Balaban J connectivity index is 1.93. The monoisotopic (exact) mass is 286 g/mol. The first-order valence-corrected chi connectivity index (χ1v) is 7.03. The van der Waals surface area contributed by atoms with Crippen LogP contribution < -0.4 is 0 Å². The Morgan fingerprint density at radius 2 is 2.15 bits per heavy atom. The number of urea groups is 1. The number of carbonyl (C=O) groups excluding carboxylic acids is 1. The molecule has 3 atom stereocenters. The van der Waals surface area contributed by atoms with Crippen molar-refractivity contribution in [3.8, 4) is 0 Å². The Hall–Kier alpha value is -1.34. The summed E-state index contributed by atoms with van der Waals surface area (Å²) in [6.07, 6.45) is 2.41. The molecular weight excluding hydrogens is 264 g/mol. The molecule has 3 unspecified atom stereocenters. The maximum Gasteiger partial charge on any atom is 0.326 e. The molecular formula is C13H22N2O5. The van der Waals surface area contributed by atoms with Crippen LogP contribution in [-0.2, 0) is 9.53 Å². The van der Waals surface area contributed by atoms with Gasteiger partial charge in [-0.05, 0) is 19.3 Å². The Bertz CT molecular complexity index is 370. The van der Waals surface area contributed by atoms with E-state index in [2.05, 4.69) is 0 Å². The Kier molecular flexibility index (Phi) is 4.82. The van der Waals surface area contributed by atoms with Gasteiger partial charge in [0.2, 0.25) is 0 Å². The summed E-state index contributed by atoms with van der Waals surface area (Å²) in [5, 5.41) is 18.7. The van der Waals surface area contributed by atoms with Gasteiger partial charge in [-0.3, -0.25) is 0 Å². The van der Waals surface area contributed by atoms with Crippen LogP contribution in [0.5, 0.6) is 0 Å². The summed E-state index contributed by atoms with van der Waals surface area (Å²) < 4.78 is 5.58. The number of carboxylic acid groups (broad SMARTS) is 1. The number of hydrogen-bond acceptors (Lipinski definition) is 4. The van der Waals surface area contributed by atoms with Crippen molar-refractivity contribution in [1.29, 1.82) is 0 Å². The van der Waals surface area contributed by atoms with E-state index in [1.54, 1.807) is 7.05 Å². The molecule has 2 saturated heterocycles. The molecule has 7 heteroatoms. The van der Waals surface area contributed by atoms with Gasteiger partial charge in [-0.15, -0.1) is 0 Å². The predicted octanol–water partition coefficient (Wildman–Crippen LogP) is 0.127. The molecule has 0 aromatic heterocycles. The van der Waals surface area contributed by atoms with Crippen molar-refractivity contribution in [1.82, 2.24) is 9.80 Å². The standard InChI is InChI=1S/C13H22N2O5/c1-14(8-10-4-2-3-5-20-10)13(19)15-7-9(16)6-11(15)12(17)18/h9-11,16H,2-8H2,1H3,(H,17,18). The number of hydrogen-bond donors (Lipinski definition) is 2. The van der Waals surface area contributed by atoms with E-state index in [1.807, 2.05) is 0 Å². The van der Waals surface area contributed by atoms with Crippen molar-refractivity contribution in [3.63, 3.8) is 0 Å². The van der Waals surface area contributed by atoms with Gasteiger partial charge in [0.1, 0.15) is 6.04 Å². The molecule has 2 aliphatic heterocycles. The predicted molar refractivity (Wildman–Crippen MR) is 70.4 cm³/mol. The van der Waals surface area contributed by atoms with Crippen molar-refractivity contribution >= 4 is 12.0 Å². The van der Waals surface area contributed by atoms with Gasteiger partial charge >= 0.3 is 12.0 Å². The van der Waals surface area contributed by atoms with Crippen LogP contribution >= 0.6 is 0 Å². The Morgan fingerprint density at radius 3 is 2.75 bits per heavy atom. The summed E-state index contributed by atoms with van der Waals surface area (Å²) in [6.45, 7) is 1.25. The second-order valence-corrected chi connectivity index (χ2v) is 5.55. The lowest BCUT2D eigenvalue weighted by molar-refractivity contribution is -0.141. The zero-order valence-corrected chi connectivity index (χ0v) is 11.7. The molecule has 20 heavy (non-hydrogen) atoms. The fraction of sp³-hybridized carbons (Fsp3) is 0.846. The van der Waals surface area contributed by atoms with Crippen molar-refractivity contribution in [3.05, 3.63) is 0 Å². The number of ether oxygens (including phenoxy) is 1. The first-order valence-electron chi connectivity index (χ1n) is 7.03. The second-order valence-electron chi connectivity index (χ2n) is 5.55. The first kappa shape index (κ1) is 15.1. The molecule has 2 heterocycles. The van der Waals surface area contributed by atoms with Gasteiger partial charge in [0.15, 0.2) is 0 Å². The topological polar surface area (TPSA) is 90.3 Å². The molecule has 0 aliphatic carbocycles. The number of rotatable bonds is 3. The number of aliphatic hydroxyl groups is 1. The highest BCUT2D eigenvalue weighted by Gasteiger charge is 2.40. The average molecular weight is 286 g/mol. The van der Waals surface area contributed by atoms with Crippen LogP contribution in [0.4, 0.5) is 4.79 Å². The normalized spacial score (nSPS) is 30.3. The zero-order valence-electron chi connectivity index (χ0n) is 11.7. The quantitative estimate of drug-likeness (QED) is 0.769. The van der Waals surface area contributed by atoms with E-state index in [4.69, 9.17) is 9.84 Å². The molecule has 0 saturated carbocycles. The minimum Gasteiger partial charge on any atom is -0.480 e. The Labute approximate surface area is 118 Å². The molecule has 2 N–H and O–H groups in total. The molecule has 0 bridgehead atoms. The molecule has 0 aromatic rings. The van der Waals surface area contributed by atoms with E-state index in [9.17, 15) is 14.7 Å². The van der Waals surface area contributed by atoms with E-state index in [1.165, 1.54) is 9.80 Å². The molecule has 2 fully saturated rings. The summed E-state index contributed by atoms with van der Waals surface area (Å²) in [6, 6.07) is -1.30. The number of β-amino-alcohol motifs (C(OH)–C–C–N with tert-alkyl or cyclic N) is 1. The SMILES string of the molecule is CN(CC1CCCCO1)C(=O)N1CC(O)CC1C(=O)O. The van der Waals surface area contributed by atoms with Gasteiger partial charge in [0.05, 0.1) is 12.2 Å². The van der Waals surface area contributed by atoms with E-state index in [0.717, 1.165) is 19.3 Å². The molecule has 2 rings (SSSR count). The van der Waals surface area contributed by atoms with Gasteiger partial charge in [0, 0.05) is 33.2 Å². The summed E-state index contributed by atoms with van der Waals surface area (Å²) >= 11 is 0. The van der Waals surface area contributed by atoms with Crippen molar-refractivity contribution in [2.75, 3.05) is 26.7 Å². The average Bonchev–Trinajstić information content (AvgIpc) is 2.81. The highest BCUT2D eigenvalue weighted by molar-refractivity contribution is 5.83. The highest BCUT2D eigenvalue weighted by atomic mass is 16.5. The maximum absolute atomic E-state index is 12.3. The number of aliphatic hydroxyl groups excluding tert-OH is 1. The van der Waals surface area contributed by atoms with Crippen LogP contribution in [0.2, 0.25) is 0 Å². The van der Waals surface area contributed by atoms with Gasteiger partial charge in [0.25, 0.3) is 0 Å². The van der Waals surface area contributed by atoms with Gasteiger partial charge in [-0.2, -0.15) is 0 Å². The van der Waals surface area contributed by atoms with Crippen molar-refractivity contribution in [2.24, 2.45) is 0 Å². The third-order valence-electron chi connectivity index (χ3n) is 3.89. The van der Waals surface area contributed by atoms with E-state index >= 15 is 0 Å². The maximum atomic E-state index is 12.3. The molecule has 114 valence electrons. The van der Waals surface area contributed by atoms with E-state index < -0.39 is 18.1 Å². The Morgan fingerprint density at radius 1 is 1.40 bits per heavy atom. The van der Waals surface area contributed by atoms with Crippen LogP contribution in [-0.4, -0.2) is 77.0 Å². The van der Waals surface area contributed by atoms with Crippen molar-refractivity contribution < 1.29 is 24.5 Å². The molecule has 0 spiro atoms. The minimum absolute atomic E-state index is 0.0218. The van der Waals surface area contributed by atoms with Crippen LogP contribution in [0.15, 0.2) is 0 Å². The lowest BCUT2D eigenvalue weighted by atomic mass is 10.1. The number of likely N-dealkylation sites (N-methyl/N-ethyl adjacent to an activating group) is 1. The zero-order chi connectivity index (χ0) is 14.7. The van der Waals surface area contributed by atoms with Crippen LogP contribution in [0.3, 0.4) is 0 Å². The molecule has 7 nitrogen and oxygen atoms in total. The van der Waals surface area contributed by atoms with Gasteiger partial charge in [-0.1, -0.05) is 0 Å². The number of carbonyl (C=O) groups is 2. The molecule has 0 radical (unpaired) electrons. The largest absolute Gasteiger partial charge is 0.480 e. The highest BCUT2D eigenvalue weighted by Crippen LogP contribution is 2.20. The minimum atomic E-state index is -1.07. The summed E-state index contributed by atoms with van der Waals surface area (Å²) in [5.41, 5.74) is 0. The second kappa shape index (κ2) is 6.41. The number of nitrogens with zero attached hydrogens (tertiary/aromatic N) is 2. The van der Waals surface area contributed by atoms with Crippen LogP contribution in [0.25, 0.3) is 0 Å². The number of carboxylic acids is 1. The summed E-state index contributed by atoms with van der Waals surface area (Å²) in [7, 11) is 1.64. The van der Waals surface area contributed by atoms with Gasteiger partial charge in [-0.25, -0.2) is 9.59 Å². The third-order valence-corrected chi connectivity index (χ3v) is 3.89. The fourth-order valence-corrected chi connectivity index (χ4v) is 2.81. The summed E-state index contributed by atoms with van der Waals surface area (Å²) in [4.78, 5) is 26.1. The number of likely N-dealkylation sites (tertiary alicyclic amines) is 1.